The predicted molar refractivity (Wildman–Crippen MR) is 64.3 cm³/mol. The van der Waals surface area contributed by atoms with Crippen molar-refractivity contribution in [3.8, 4) is 0 Å². The third-order valence-electron chi connectivity index (χ3n) is 3.03. The second-order valence-electron chi connectivity index (χ2n) is 4.45. The Hall–Kier alpha value is -0.610. The molecule has 0 saturated carbocycles. The second kappa shape index (κ2) is 8.53. The molecule has 0 atom stereocenters. The summed E-state index contributed by atoms with van der Waals surface area (Å²) in [5, 5.41) is 6.28. The topological polar surface area (TPSA) is 50.4 Å². The van der Waals surface area contributed by atoms with E-state index in [0.717, 1.165) is 51.9 Å². The summed E-state index contributed by atoms with van der Waals surface area (Å²) in [4.78, 5) is 11.6. The molecule has 0 spiro atoms. The van der Waals surface area contributed by atoms with Gasteiger partial charge >= 0.3 is 0 Å². The third kappa shape index (κ3) is 6.08. The van der Waals surface area contributed by atoms with E-state index < -0.39 is 0 Å². The van der Waals surface area contributed by atoms with Crippen LogP contribution >= 0.6 is 0 Å². The maximum Gasteiger partial charge on any atom is 0.220 e. The number of ether oxygens (including phenoxy) is 1. The van der Waals surface area contributed by atoms with Crippen LogP contribution in [0.15, 0.2) is 0 Å². The molecule has 0 unspecified atom stereocenters. The van der Waals surface area contributed by atoms with Gasteiger partial charge in [-0.2, -0.15) is 0 Å². The molecule has 1 saturated heterocycles. The van der Waals surface area contributed by atoms with Crippen molar-refractivity contribution in [2.75, 3.05) is 33.4 Å². The van der Waals surface area contributed by atoms with Gasteiger partial charge in [-0.15, -0.1) is 0 Å². The van der Waals surface area contributed by atoms with Crippen LogP contribution in [0, 0.1) is 5.92 Å². The SMILES string of the molecule is COCCCCNC(=O)CC1CCNCC1. The van der Waals surface area contributed by atoms with Crippen LogP contribution in [-0.2, 0) is 9.53 Å². The summed E-state index contributed by atoms with van der Waals surface area (Å²) >= 11 is 0. The smallest absolute Gasteiger partial charge is 0.220 e. The normalized spacial score (nSPS) is 17.3. The lowest BCUT2D eigenvalue weighted by Gasteiger charge is -2.21. The molecule has 1 heterocycles. The number of rotatable bonds is 7. The molecule has 0 bridgehead atoms. The molecule has 2 N–H and O–H groups in total. The van der Waals surface area contributed by atoms with E-state index in [4.69, 9.17) is 4.74 Å². The van der Waals surface area contributed by atoms with Crippen LogP contribution in [0.1, 0.15) is 32.1 Å². The molecule has 0 aliphatic carbocycles. The number of nitrogens with one attached hydrogen (secondary N) is 2. The number of piperidine rings is 1. The van der Waals surface area contributed by atoms with Gasteiger partial charge in [0.05, 0.1) is 0 Å². The van der Waals surface area contributed by atoms with E-state index in [1.807, 2.05) is 0 Å². The monoisotopic (exact) mass is 228 g/mol. The van der Waals surface area contributed by atoms with E-state index in [9.17, 15) is 4.79 Å². The third-order valence-corrected chi connectivity index (χ3v) is 3.03. The van der Waals surface area contributed by atoms with E-state index in [-0.39, 0.29) is 5.91 Å². The van der Waals surface area contributed by atoms with E-state index in [1.54, 1.807) is 7.11 Å². The van der Waals surface area contributed by atoms with Gasteiger partial charge in [0.1, 0.15) is 0 Å². The van der Waals surface area contributed by atoms with Crippen molar-refractivity contribution in [2.45, 2.75) is 32.1 Å². The number of methoxy groups -OCH3 is 1. The van der Waals surface area contributed by atoms with Gasteiger partial charge in [-0.1, -0.05) is 0 Å². The molecule has 94 valence electrons. The highest BCUT2D eigenvalue weighted by atomic mass is 16.5. The fourth-order valence-electron chi connectivity index (χ4n) is 2.02. The molecular formula is C12H24N2O2. The van der Waals surface area contributed by atoms with E-state index >= 15 is 0 Å². The van der Waals surface area contributed by atoms with Crippen LogP contribution in [0.25, 0.3) is 0 Å². The van der Waals surface area contributed by atoms with E-state index in [0.29, 0.717) is 12.3 Å². The van der Waals surface area contributed by atoms with Gasteiger partial charge in [0, 0.05) is 26.7 Å². The minimum absolute atomic E-state index is 0.212. The first-order valence-electron chi connectivity index (χ1n) is 6.29. The van der Waals surface area contributed by atoms with Crippen LogP contribution in [0.3, 0.4) is 0 Å². The van der Waals surface area contributed by atoms with E-state index in [1.165, 1.54) is 0 Å². The highest BCUT2D eigenvalue weighted by molar-refractivity contribution is 5.76. The summed E-state index contributed by atoms with van der Waals surface area (Å²) in [5.74, 6) is 0.796. The van der Waals surface area contributed by atoms with Crippen molar-refractivity contribution < 1.29 is 9.53 Å². The summed E-state index contributed by atoms with van der Waals surface area (Å²) in [6.07, 6.45) is 5.00. The Morgan fingerprint density at radius 1 is 1.38 bits per heavy atom. The van der Waals surface area contributed by atoms with Crippen LogP contribution < -0.4 is 10.6 Å². The maximum atomic E-state index is 11.6. The molecule has 4 nitrogen and oxygen atoms in total. The Labute approximate surface area is 98.1 Å². The van der Waals surface area contributed by atoms with Gasteiger partial charge in [-0.05, 0) is 44.7 Å². The summed E-state index contributed by atoms with van der Waals surface area (Å²) < 4.78 is 4.95. The molecular weight excluding hydrogens is 204 g/mol. The van der Waals surface area contributed by atoms with Crippen LogP contribution in [0.4, 0.5) is 0 Å². The molecule has 1 fully saturated rings. The first kappa shape index (κ1) is 13.5. The molecule has 4 heteroatoms. The average molecular weight is 228 g/mol. The number of amides is 1. The fraction of sp³-hybridized carbons (Fsp3) is 0.917. The van der Waals surface area contributed by atoms with Gasteiger partial charge in [0.2, 0.25) is 5.91 Å². The number of hydrogen-bond acceptors (Lipinski definition) is 3. The summed E-state index contributed by atoms with van der Waals surface area (Å²) in [7, 11) is 1.70. The van der Waals surface area contributed by atoms with Gasteiger partial charge in [-0.25, -0.2) is 0 Å². The minimum atomic E-state index is 0.212. The minimum Gasteiger partial charge on any atom is -0.385 e. The van der Waals surface area contributed by atoms with Gasteiger partial charge in [-0.3, -0.25) is 4.79 Å². The van der Waals surface area contributed by atoms with Gasteiger partial charge in [0.25, 0.3) is 0 Å². The van der Waals surface area contributed by atoms with Crippen LogP contribution in [-0.4, -0.2) is 39.3 Å². The quantitative estimate of drug-likeness (QED) is 0.637. The van der Waals surface area contributed by atoms with Crippen molar-refractivity contribution in [1.29, 1.82) is 0 Å². The maximum absolute atomic E-state index is 11.6. The zero-order valence-electron chi connectivity index (χ0n) is 10.3. The highest BCUT2D eigenvalue weighted by Gasteiger charge is 2.16. The Morgan fingerprint density at radius 2 is 2.12 bits per heavy atom. The van der Waals surface area contributed by atoms with Crippen molar-refractivity contribution in [1.82, 2.24) is 10.6 Å². The van der Waals surface area contributed by atoms with Crippen LogP contribution in [0.2, 0.25) is 0 Å². The Balaban J connectivity index is 1.97. The number of carbonyl (C=O) groups is 1. The first-order chi connectivity index (χ1) is 7.83. The van der Waals surface area contributed by atoms with Crippen molar-refractivity contribution in [3.63, 3.8) is 0 Å². The lowest BCUT2D eigenvalue weighted by Crippen LogP contribution is -2.32. The van der Waals surface area contributed by atoms with Crippen molar-refractivity contribution >= 4 is 5.91 Å². The standard InChI is InChI=1S/C12H24N2O2/c1-16-9-3-2-6-14-12(15)10-11-4-7-13-8-5-11/h11,13H,2-10H2,1H3,(H,14,15). The molecule has 1 aliphatic rings. The Kier molecular flexibility index (Phi) is 7.17. The summed E-state index contributed by atoms with van der Waals surface area (Å²) in [5.41, 5.74) is 0. The predicted octanol–water partition coefficient (Wildman–Crippen LogP) is 0.919. The molecule has 1 aliphatic heterocycles. The number of carbonyl (C=O) groups excluding carboxylic acids is 1. The summed E-state index contributed by atoms with van der Waals surface area (Å²) in [6, 6.07) is 0. The van der Waals surface area contributed by atoms with Gasteiger partial charge < -0.3 is 15.4 Å². The van der Waals surface area contributed by atoms with Crippen LogP contribution in [0.5, 0.6) is 0 Å². The highest BCUT2D eigenvalue weighted by Crippen LogP contribution is 2.15. The van der Waals surface area contributed by atoms with Crippen molar-refractivity contribution in [2.24, 2.45) is 5.92 Å². The molecule has 0 aromatic rings. The molecule has 0 radical (unpaired) electrons. The molecule has 1 amide bonds. The zero-order chi connectivity index (χ0) is 11.6. The fourth-order valence-corrected chi connectivity index (χ4v) is 2.02. The van der Waals surface area contributed by atoms with Gasteiger partial charge in [0.15, 0.2) is 0 Å². The molecule has 1 rings (SSSR count). The lowest BCUT2D eigenvalue weighted by atomic mass is 9.94. The van der Waals surface area contributed by atoms with E-state index in [2.05, 4.69) is 10.6 Å². The Morgan fingerprint density at radius 3 is 2.81 bits per heavy atom. The largest absolute Gasteiger partial charge is 0.385 e. The Bertz CT molecular complexity index is 191. The second-order valence-corrected chi connectivity index (χ2v) is 4.45. The average Bonchev–Trinajstić information content (AvgIpc) is 2.30. The zero-order valence-corrected chi connectivity index (χ0v) is 10.3. The first-order valence-corrected chi connectivity index (χ1v) is 6.29. The summed E-state index contributed by atoms with van der Waals surface area (Å²) in [6.45, 7) is 3.69. The molecule has 16 heavy (non-hydrogen) atoms. The molecule has 0 aromatic heterocycles. The lowest BCUT2D eigenvalue weighted by molar-refractivity contribution is -0.122. The molecule has 0 aromatic carbocycles. The number of unbranched alkanes of at least 4 members (excludes halogenated alkanes) is 1. The number of hydrogen-bond donors (Lipinski definition) is 2. The van der Waals surface area contributed by atoms with Crippen molar-refractivity contribution in [3.05, 3.63) is 0 Å².